The van der Waals surface area contributed by atoms with Crippen LogP contribution in [0.2, 0.25) is 0 Å². The first-order valence-electron chi connectivity index (χ1n) is 3.05. The van der Waals surface area contributed by atoms with Gasteiger partial charge in [-0.25, -0.2) is 4.98 Å². The molecule has 0 radical (unpaired) electrons. The zero-order valence-corrected chi connectivity index (χ0v) is 6.64. The third-order valence-corrected chi connectivity index (χ3v) is 1.96. The maximum absolute atomic E-state index is 8.28. The Morgan fingerprint density at radius 3 is 3.18 bits per heavy atom. The summed E-state index contributed by atoms with van der Waals surface area (Å²) in [5, 5.41) is 9.01. The van der Waals surface area contributed by atoms with E-state index in [-0.39, 0.29) is 0 Å². The normalized spacial score (nSPS) is 9.00. The van der Waals surface area contributed by atoms with E-state index in [4.69, 9.17) is 11.0 Å². The van der Waals surface area contributed by atoms with Crippen LogP contribution in [0.3, 0.4) is 0 Å². The monoisotopic (exact) mass is 165 g/mol. The van der Waals surface area contributed by atoms with Crippen LogP contribution in [0.1, 0.15) is 0 Å². The summed E-state index contributed by atoms with van der Waals surface area (Å²) in [6.07, 6.45) is 1.66. The van der Waals surface area contributed by atoms with Crippen molar-refractivity contribution in [1.82, 2.24) is 4.98 Å². The van der Waals surface area contributed by atoms with Crippen LogP contribution in [0.15, 0.2) is 23.4 Å². The van der Waals surface area contributed by atoms with Crippen molar-refractivity contribution in [3.63, 3.8) is 0 Å². The van der Waals surface area contributed by atoms with E-state index in [0.717, 1.165) is 5.03 Å². The lowest BCUT2D eigenvalue weighted by atomic mass is 10.4. The van der Waals surface area contributed by atoms with Crippen molar-refractivity contribution >= 4 is 17.4 Å². The molecule has 1 rings (SSSR count). The average Bonchev–Trinajstić information content (AvgIpc) is 2.03. The SMILES string of the molecule is N#CCSc1ncccc1N. The number of pyridine rings is 1. The summed E-state index contributed by atoms with van der Waals surface area (Å²) < 4.78 is 0. The Bertz CT molecular complexity index is 279. The van der Waals surface area contributed by atoms with Crippen molar-refractivity contribution in [3.8, 4) is 6.07 Å². The highest BCUT2D eigenvalue weighted by Crippen LogP contribution is 2.20. The molecule has 0 aliphatic heterocycles. The molecule has 1 heterocycles. The Kier molecular flexibility index (Phi) is 2.75. The Morgan fingerprint density at radius 2 is 2.55 bits per heavy atom. The third kappa shape index (κ3) is 2.13. The highest BCUT2D eigenvalue weighted by atomic mass is 32.2. The molecule has 1 aromatic heterocycles. The fourth-order valence-corrected chi connectivity index (χ4v) is 1.20. The molecule has 2 N–H and O–H groups in total. The van der Waals surface area contributed by atoms with Crippen LogP contribution < -0.4 is 5.73 Å². The molecular formula is C7H7N3S. The number of rotatable bonds is 2. The summed E-state index contributed by atoms with van der Waals surface area (Å²) in [7, 11) is 0. The summed E-state index contributed by atoms with van der Waals surface area (Å²) in [6, 6.07) is 5.55. The minimum atomic E-state index is 0.390. The van der Waals surface area contributed by atoms with Crippen molar-refractivity contribution in [2.24, 2.45) is 0 Å². The zero-order valence-electron chi connectivity index (χ0n) is 5.82. The molecule has 1 aromatic rings. The summed E-state index contributed by atoms with van der Waals surface area (Å²) in [6.45, 7) is 0. The Hall–Kier alpha value is -1.21. The fraction of sp³-hybridized carbons (Fsp3) is 0.143. The average molecular weight is 165 g/mol. The smallest absolute Gasteiger partial charge is 0.120 e. The van der Waals surface area contributed by atoms with Gasteiger partial charge >= 0.3 is 0 Å². The van der Waals surface area contributed by atoms with Gasteiger partial charge in [0.25, 0.3) is 0 Å². The Labute approximate surface area is 69.2 Å². The highest BCUT2D eigenvalue weighted by molar-refractivity contribution is 7.99. The van der Waals surface area contributed by atoms with Crippen molar-refractivity contribution in [1.29, 1.82) is 5.26 Å². The van der Waals surface area contributed by atoms with Gasteiger partial charge in [-0.15, -0.1) is 0 Å². The van der Waals surface area contributed by atoms with E-state index >= 15 is 0 Å². The molecule has 0 atom stereocenters. The molecule has 4 heteroatoms. The molecule has 0 aliphatic rings. The number of hydrogen-bond donors (Lipinski definition) is 1. The number of aromatic nitrogens is 1. The standard InChI is InChI=1S/C7H7N3S/c8-3-5-11-7-6(9)2-1-4-10-7/h1-2,4H,5,9H2. The molecule has 0 aromatic carbocycles. The van der Waals surface area contributed by atoms with Gasteiger partial charge < -0.3 is 5.73 Å². The number of nitrogen functional groups attached to an aromatic ring is 1. The van der Waals surface area contributed by atoms with Crippen molar-refractivity contribution in [3.05, 3.63) is 18.3 Å². The maximum Gasteiger partial charge on any atom is 0.120 e. The number of nitrogens with two attached hydrogens (primary N) is 1. The second-order valence-electron chi connectivity index (χ2n) is 1.84. The second kappa shape index (κ2) is 3.84. The largest absolute Gasteiger partial charge is 0.397 e. The van der Waals surface area contributed by atoms with Crippen LogP contribution in [-0.4, -0.2) is 10.7 Å². The minimum absolute atomic E-state index is 0.390. The van der Waals surface area contributed by atoms with E-state index < -0.39 is 0 Å². The first kappa shape index (κ1) is 7.89. The number of nitrogens with zero attached hydrogens (tertiary/aromatic N) is 2. The predicted octanol–water partition coefficient (Wildman–Crippen LogP) is 1.28. The van der Waals surface area contributed by atoms with E-state index in [1.807, 2.05) is 6.07 Å². The van der Waals surface area contributed by atoms with Crippen LogP contribution in [0.25, 0.3) is 0 Å². The van der Waals surface area contributed by atoms with Gasteiger partial charge in [-0.05, 0) is 12.1 Å². The van der Waals surface area contributed by atoms with Crippen LogP contribution in [-0.2, 0) is 0 Å². The molecule has 0 unspecified atom stereocenters. The molecule has 0 aliphatic carbocycles. The molecule has 0 amide bonds. The molecule has 0 bridgehead atoms. The van der Waals surface area contributed by atoms with E-state index in [2.05, 4.69) is 4.98 Å². The molecule has 11 heavy (non-hydrogen) atoms. The van der Waals surface area contributed by atoms with E-state index in [0.29, 0.717) is 11.4 Å². The third-order valence-electron chi connectivity index (χ3n) is 1.07. The van der Waals surface area contributed by atoms with Gasteiger partial charge in [0.15, 0.2) is 0 Å². The van der Waals surface area contributed by atoms with Crippen LogP contribution in [0, 0.1) is 11.3 Å². The van der Waals surface area contributed by atoms with Gasteiger partial charge in [-0.3, -0.25) is 0 Å². The van der Waals surface area contributed by atoms with E-state index in [1.165, 1.54) is 11.8 Å². The van der Waals surface area contributed by atoms with Crippen LogP contribution >= 0.6 is 11.8 Å². The van der Waals surface area contributed by atoms with E-state index in [9.17, 15) is 0 Å². The molecule has 3 nitrogen and oxygen atoms in total. The highest BCUT2D eigenvalue weighted by Gasteiger charge is 1.97. The summed E-state index contributed by atoms with van der Waals surface area (Å²) >= 11 is 1.35. The van der Waals surface area contributed by atoms with Crippen LogP contribution in [0.4, 0.5) is 5.69 Å². The first-order valence-corrected chi connectivity index (χ1v) is 4.03. The number of thioether (sulfide) groups is 1. The lowest BCUT2D eigenvalue weighted by Gasteiger charge is -1.98. The summed E-state index contributed by atoms with van der Waals surface area (Å²) in [5.41, 5.74) is 6.20. The van der Waals surface area contributed by atoms with Crippen molar-refractivity contribution in [2.45, 2.75) is 5.03 Å². The zero-order chi connectivity index (χ0) is 8.10. The van der Waals surface area contributed by atoms with Crippen molar-refractivity contribution < 1.29 is 0 Å². The quantitative estimate of drug-likeness (QED) is 0.670. The molecule has 0 saturated heterocycles. The molecule has 56 valence electrons. The van der Waals surface area contributed by atoms with E-state index in [1.54, 1.807) is 18.3 Å². The molecular weight excluding hydrogens is 158 g/mol. The Morgan fingerprint density at radius 1 is 1.73 bits per heavy atom. The maximum atomic E-state index is 8.28. The van der Waals surface area contributed by atoms with Gasteiger partial charge in [-0.1, -0.05) is 11.8 Å². The van der Waals surface area contributed by atoms with Gasteiger partial charge in [-0.2, -0.15) is 5.26 Å². The number of anilines is 1. The molecule has 0 fully saturated rings. The van der Waals surface area contributed by atoms with Crippen LogP contribution in [0.5, 0.6) is 0 Å². The Balaban J connectivity index is 2.71. The van der Waals surface area contributed by atoms with Gasteiger partial charge in [0.1, 0.15) is 5.03 Å². The lowest BCUT2D eigenvalue weighted by molar-refractivity contribution is 1.14. The first-order chi connectivity index (χ1) is 5.34. The van der Waals surface area contributed by atoms with Gasteiger partial charge in [0.05, 0.1) is 17.5 Å². The predicted molar refractivity (Wildman–Crippen MR) is 45.0 cm³/mol. The molecule has 0 spiro atoms. The minimum Gasteiger partial charge on any atom is -0.397 e. The molecule has 0 saturated carbocycles. The summed E-state index contributed by atoms with van der Waals surface area (Å²) in [4.78, 5) is 4.00. The number of hydrogen-bond acceptors (Lipinski definition) is 4. The second-order valence-corrected chi connectivity index (χ2v) is 2.81. The lowest BCUT2D eigenvalue weighted by Crippen LogP contribution is -1.90. The number of nitriles is 1. The fourth-order valence-electron chi connectivity index (χ4n) is 0.624. The summed E-state index contributed by atoms with van der Waals surface area (Å²) in [5.74, 6) is 0.390. The van der Waals surface area contributed by atoms with Gasteiger partial charge in [0, 0.05) is 6.20 Å². The van der Waals surface area contributed by atoms with Crippen molar-refractivity contribution in [2.75, 3.05) is 11.5 Å². The topological polar surface area (TPSA) is 62.7 Å². The van der Waals surface area contributed by atoms with Gasteiger partial charge in [0.2, 0.25) is 0 Å².